The van der Waals surface area contributed by atoms with E-state index in [1.54, 1.807) is 0 Å². The molecule has 0 aliphatic carbocycles. The quantitative estimate of drug-likeness (QED) is 0.176. The zero-order valence-corrected chi connectivity index (χ0v) is 26.2. The Morgan fingerprint density at radius 1 is 0.404 bits per heavy atom. The van der Waals surface area contributed by atoms with E-state index >= 15 is 0 Å². The first-order chi connectivity index (χ1) is 23.1. The van der Waals surface area contributed by atoms with Crippen LogP contribution >= 0.6 is 0 Å². The Labute approximate surface area is 273 Å². The van der Waals surface area contributed by atoms with E-state index < -0.39 is 0 Å². The van der Waals surface area contributed by atoms with E-state index in [1.165, 1.54) is 0 Å². The number of hydrogen-bond donors (Lipinski definition) is 0. The highest BCUT2D eigenvalue weighted by Crippen LogP contribution is 2.39. The molecule has 0 fully saturated rings. The number of rotatable bonds is 6. The van der Waals surface area contributed by atoms with Crippen LogP contribution in [-0.4, -0.2) is 24.9 Å². The van der Waals surface area contributed by atoms with Crippen LogP contribution in [0.3, 0.4) is 0 Å². The van der Waals surface area contributed by atoms with Crippen LogP contribution in [0.2, 0.25) is 0 Å². The molecule has 0 N–H and O–H groups in total. The largest absolute Gasteiger partial charge is 0.250 e. The first-order valence-corrected chi connectivity index (χ1v) is 15.9. The summed E-state index contributed by atoms with van der Waals surface area (Å²) in [6.45, 7) is 4.35. The minimum Gasteiger partial charge on any atom is -0.250 e. The summed E-state index contributed by atoms with van der Waals surface area (Å²) in [7, 11) is 0. The van der Waals surface area contributed by atoms with Gasteiger partial charge < -0.3 is 0 Å². The van der Waals surface area contributed by atoms with Crippen LogP contribution < -0.4 is 0 Å². The van der Waals surface area contributed by atoms with Gasteiger partial charge in [0.15, 0.2) is 17.5 Å². The Morgan fingerprint density at radius 2 is 0.936 bits per heavy atom. The fourth-order valence-corrected chi connectivity index (χ4v) is 6.03. The van der Waals surface area contributed by atoms with Gasteiger partial charge in [0, 0.05) is 38.7 Å². The molecule has 5 heteroatoms. The van der Waals surface area contributed by atoms with Crippen molar-refractivity contribution in [2.24, 2.45) is 0 Å². The van der Waals surface area contributed by atoms with Gasteiger partial charge in [-0.2, -0.15) is 0 Å². The number of nitrogens with zero attached hydrogens (tertiary/aromatic N) is 5. The Balaban J connectivity index is 1.41. The summed E-state index contributed by atoms with van der Waals surface area (Å²) >= 11 is 0. The molecule has 0 saturated carbocycles. The maximum atomic E-state index is 5.27. The Morgan fingerprint density at radius 3 is 1.55 bits per heavy atom. The van der Waals surface area contributed by atoms with Crippen molar-refractivity contribution >= 4 is 21.8 Å². The summed E-state index contributed by atoms with van der Waals surface area (Å²) < 4.78 is 0. The van der Waals surface area contributed by atoms with Gasteiger partial charge >= 0.3 is 0 Å². The standard InChI is InChI=1S/C42H31N5/c1-27(2)36-25-23-29-22-24-33-35(26-37(28-14-6-3-7-15-28)44-39(33)38(29)43-36)32-20-12-13-21-34(32)42-46-40(30-16-8-4-9-17-30)45-41(47-42)31-18-10-5-11-19-31/h3-27H,1-2H3. The van der Waals surface area contributed by atoms with Crippen LogP contribution in [-0.2, 0) is 0 Å². The molecule has 0 bridgehead atoms. The molecule has 224 valence electrons. The van der Waals surface area contributed by atoms with Crippen molar-refractivity contribution in [2.45, 2.75) is 19.8 Å². The highest BCUT2D eigenvalue weighted by atomic mass is 15.0. The molecule has 47 heavy (non-hydrogen) atoms. The molecule has 8 aromatic rings. The SMILES string of the molecule is CC(C)c1ccc2ccc3c(-c4ccccc4-c4nc(-c5ccccc5)nc(-c5ccccc5)n4)cc(-c4ccccc4)nc3c2n1. The lowest BCUT2D eigenvalue weighted by atomic mass is 9.93. The average molecular weight is 606 g/mol. The maximum Gasteiger partial charge on any atom is 0.164 e. The topological polar surface area (TPSA) is 64.5 Å². The molecule has 0 amide bonds. The lowest BCUT2D eigenvalue weighted by Crippen LogP contribution is -2.01. The van der Waals surface area contributed by atoms with E-state index in [1.807, 2.05) is 84.9 Å². The second-order valence-electron chi connectivity index (χ2n) is 11.9. The van der Waals surface area contributed by atoms with Gasteiger partial charge in [-0.25, -0.2) is 19.9 Å². The van der Waals surface area contributed by atoms with Gasteiger partial charge in [-0.3, -0.25) is 4.98 Å². The van der Waals surface area contributed by atoms with Gasteiger partial charge in [0.25, 0.3) is 0 Å². The highest BCUT2D eigenvalue weighted by Gasteiger charge is 2.19. The third kappa shape index (κ3) is 5.42. The predicted molar refractivity (Wildman–Crippen MR) is 192 cm³/mol. The van der Waals surface area contributed by atoms with Crippen LogP contribution in [0.4, 0.5) is 0 Å². The molecular weight excluding hydrogens is 574 g/mol. The molecular formula is C42H31N5. The summed E-state index contributed by atoms with van der Waals surface area (Å²) in [5.41, 5.74) is 9.61. The third-order valence-corrected chi connectivity index (χ3v) is 8.48. The number of hydrogen-bond acceptors (Lipinski definition) is 5. The summed E-state index contributed by atoms with van der Waals surface area (Å²) in [6.07, 6.45) is 0. The van der Waals surface area contributed by atoms with Crippen molar-refractivity contribution in [3.63, 3.8) is 0 Å². The Bertz CT molecular complexity index is 2310. The van der Waals surface area contributed by atoms with Crippen molar-refractivity contribution < 1.29 is 0 Å². The first-order valence-electron chi connectivity index (χ1n) is 15.9. The van der Waals surface area contributed by atoms with E-state index in [9.17, 15) is 0 Å². The van der Waals surface area contributed by atoms with Crippen LogP contribution in [0.1, 0.15) is 25.5 Å². The first kappa shape index (κ1) is 28.4. The molecule has 0 aliphatic heterocycles. The third-order valence-electron chi connectivity index (χ3n) is 8.48. The van der Waals surface area contributed by atoms with Gasteiger partial charge in [0.1, 0.15) is 0 Å². The molecule has 3 heterocycles. The van der Waals surface area contributed by atoms with Crippen LogP contribution in [0.25, 0.3) is 78.4 Å². The monoisotopic (exact) mass is 605 g/mol. The van der Waals surface area contributed by atoms with Gasteiger partial charge in [-0.1, -0.05) is 147 Å². The fraction of sp³-hybridized carbons (Fsp3) is 0.0714. The number of pyridine rings is 2. The summed E-state index contributed by atoms with van der Waals surface area (Å²) in [4.78, 5) is 25.5. The van der Waals surface area contributed by atoms with Crippen LogP contribution in [0.15, 0.2) is 146 Å². The zero-order valence-electron chi connectivity index (χ0n) is 26.2. The molecule has 8 rings (SSSR count). The van der Waals surface area contributed by atoms with E-state index in [2.05, 4.69) is 74.5 Å². The van der Waals surface area contributed by atoms with E-state index in [0.717, 1.165) is 66.6 Å². The molecule has 3 aromatic heterocycles. The molecule has 5 nitrogen and oxygen atoms in total. The number of aromatic nitrogens is 5. The van der Waals surface area contributed by atoms with Crippen molar-refractivity contribution in [3.8, 4) is 56.5 Å². The molecule has 5 aromatic carbocycles. The Hall–Kier alpha value is -6.07. The molecule has 0 unspecified atom stereocenters. The molecule has 0 aliphatic rings. The minimum absolute atomic E-state index is 0.300. The minimum atomic E-state index is 0.300. The van der Waals surface area contributed by atoms with Crippen LogP contribution in [0, 0.1) is 0 Å². The summed E-state index contributed by atoms with van der Waals surface area (Å²) in [5, 5.41) is 2.09. The normalized spacial score (nSPS) is 11.4. The van der Waals surface area contributed by atoms with Gasteiger partial charge in [0.05, 0.1) is 16.7 Å². The summed E-state index contributed by atoms with van der Waals surface area (Å²) in [5.74, 6) is 2.17. The van der Waals surface area contributed by atoms with Crippen molar-refractivity contribution in [1.82, 2.24) is 24.9 Å². The lowest BCUT2D eigenvalue weighted by molar-refractivity contribution is 0.830. The maximum absolute atomic E-state index is 5.27. The molecule has 0 atom stereocenters. The second kappa shape index (κ2) is 12.0. The van der Waals surface area contributed by atoms with Gasteiger partial charge in [-0.15, -0.1) is 0 Å². The number of benzene rings is 5. The van der Waals surface area contributed by atoms with Crippen molar-refractivity contribution in [3.05, 3.63) is 151 Å². The van der Waals surface area contributed by atoms with Gasteiger partial charge in [-0.05, 0) is 29.2 Å². The fourth-order valence-electron chi connectivity index (χ4n) is 6.03. The second-order valence-corrected chi connectivity index (χ2v) is 11.9. The summed E-state index contributed by atoms with van der Waals surface area (Å²) in [6, 6.07) is 49.6. The number of fused-ring (bicyclic) bond motifs is 3. The van der Waals surface area contributed by atoms with Crippen molar-refractivity contribution in [1.29, 1.82) is 0 Å². The van der Waals surface area contributed by atoms with Gasteiger partial charge in [0.2, 0.25) is 0 Å². The van der Waals surface area contributed by atoms with E-state index in [0.29, 0.717) is 23.4 Å². The van der Waals surface area contributed by atoms with E-state index in [4.69, 9.17) is 24.9 Å². The molecule has 0 radical (unpaired) electrons. The van der Waals surface area contributed by atoms with Crippen LogP contribution in [0.5, 0.6) is 0 Å². The van der Waals surface area contributed by atoms with Crippen molar-refractivity contribution in [2.75, 3.05) is 0 Å². The Kier molecular flexibility index (Phi) is 7.27. The zero-order chi connectivity index (χ0) is 31.7. The molecule has 0 saturated heterocycles. The molecule has 0 spiro atoms. The lowest BCUT2D eigenvalue weighted by Gasteiger charge is -2.16. The smallest absolute Gasteiger partial charge is 0.164 e. The predicted octanol–water partition coefficient (Wildman–Crippen LogP) is 10.4. The highest BCUT2D eigenvalue weighted by molar-refractivity contribution is 6.10. The average Bonchev–Trinajstić information content (AvgIpc) is 3.15. The van der Waals surface area contributed by atoms with E-state index in [-0.39, 0.29) is 0 Å².